The summed E-state index contributed by atoms with van der Waals surface area (Å²) in [5.41, 5.74) is 2.40. The third-order valence-corrected chi connectivity index (χ3v) is 2.78. The fourth-order valence-corrected chi connectivity index (χ4v) is 1.50. The molecule has 0 heterocycles. The number of carbonyl (C=O) groups is 1. The van der Waals surface area contributed by atoms with Crippen LogP contribution in [0.1, 0.15) is 67.2 Å². The molecule has 0 aromatic carbocycles. The molecule has 0 aliphatic rings. The van der Waals surface area contributed by atoms with Crippen LogP contribution in [0, 0.1) is 5.41 Å². The zero-order chi connectivity index (χ0) is 14.9. The van der Waals surface area contributed by atoms with Crippen molar-refractivity contribution in [3.05, 3.63) is 23.3 Å². The van der Waals surface area contributed by atoms with E-state index in [-0.39, 0.29) is 5.97 Å². The van der Waals surface area contributed by atoms with Gasteiger partial charge in [0.1, 0.15) is 0 Å². The van der Waals surface area contributed by atoms with Crippen LogP contribution in [0.25, 0.3) is 0 Å². The van der Waals surface area contributed by atoms with Crippen molar-refractivity contribution in [3.8, 4) is 0 Å². The van der Waals surface area contributed by atoms with E-state index in [0.717, 1.165) is 25.7 Å². The Bertz CT molecular complexity index is 326. The topological polar surface area (TPSA) is 26.3 Å². The molecule has 110 valence electrons. The first kappa shape index (κ1) is 17.9. The Morgan fingerprint density at radius 3 is 2.21 bits per heavy atom. The summed E-state index contributed by atoms with van der Waals surface area (Å²) in [4.78, 5) is 11.5. The predicted molar refractivity (Wildman–Crippen MR) is 82.1 cm³/mol. The number of unbranched alkanes of at least 4 members (excludes halogenated alkanes) is 1. The Morgan fingerprint density at radius 1 is 1.05 bits per heavy atom. The quantitative estimate of drug-likeness (QED) is 0.366. The average molecular weight is 266 g/mol. The van der Waals surface area contributed by atoms with Gasteiger partial charge in [0.2, 0.25) is 0 Å². The monoisotopic (exact) mass is 266 g/mol. The summed E-state index contributed by atoms with van der Waals surface area (Å²) in [6.07, 6.45) is 8.64. The van der Waals surface area contributed by atoms with Crippen molar-refractivity contribution < 1.29 is 9.53 Å². The van der Waals surface area contributed by atoms with Gasteiger partial charge in [-0.1, -0.05) is 23.3 Å². The van der Waals surface area contributed by atoms with Crippen molar-refractivity contribution in [2.75, 3.05) is 6.61 Å². The summed E-state index contributed by atoms with van der Waals surface area (Å²) in [5.74, 6) is -0.114. The van der Waals surface area contributed by atoms with Crippen molar-refractivity contribution in [1.29, 1.82) is 0 Å². The molecule has 0 atom stereocenters. The first-order chi connectivity index (χ1) is 8.73. The van der Waals surface area contributed by atoms with Crippen molar-refractivity contribution >= 4 is 5.97 Å². The standard InChI is InChI=1S/C17H30O2/c1-14(2)10-9-12-15(3)11-7-8-13-19-16(18)17(4,5)6/h10-11H,7-9,12-13H2,1-6H3/b15-11+. The first-order valence-electron chi connectivity index (χ1n) is 7.19. The average Bonchev–Trinajstić information content (AvgIpc) is 2.26. The van der Waals surface area contributed by atoms with Crippen molar-refractivity contribution in [1.82, 2.24) is 0 Å². The maximum Gasteiger partial charge on any atom is 0.311 e. The van der Waals surface area contributed by atoms with Crippen LogP contribution >= 0.6 is 0 Å². The van der Waals surface area contributed by atoms with Gasteiger partial charge in [-0.3, -0.25) is 4.79 Å². The Hall–Kier alpha value is -1.05. The van der Waals surface area contributed by atoms with Gasteiger partial charge in [-0.2, -0.15) is 0 Å². The summed E-state index contributed by atoms with van der Waals surface area (Å²) in [6, 6.07) is 0. The maximum absolute atomic E-state index is 11.5. The van der Waals surface area contributed by atoms with Crippen LogP contribution in [0.3, 0.4) is 0 Å². The number of carbonyl (C=O) groups excluding carboxylic acids is 1. The minimum Gasteiger partial charge on any atom is -0.465 e. The minimum absolute atomic E-state index is 0.114. The van der Waals surface area contributed by atoms with Gasteiger partial charge in [0.15, 0.2) is 0 Å². The van der Waals surface area contributed by atoms with E-state index in [1.165, 1.54) is 11.1 Å². The molecule has 2 heteroatoms. The van der Waals surface area contributed by atoms with Gasteiger partial charge in [-0.15, -0.1) is 0 Å². The highest BCUT2D eigenvalue weighted by atomic mass is 16.5. The molecule has 0 bridgehead atoms. The molecule has 0 radical (unpaired) electrons. The molecule has 0 spiro atoms. The highest BCUT2D eigenvalue weighted by Gasteiger charge is 2.22. The summed E-state index contributed by atoms with van der Waals surface area (Å²) >= 11 is 0. The van der Waals surface area contributed by atoms with E-state index in [2.05, 4.69) is 32.9 Å². The second-order valence-electron chi connectivity index (χ2n) is 6.40. The third kappa shape index (κ3) is 10.5. The molecule has 0 aromatic rings. The lowest BCUT2D eigenvalue weighted by molar-refractivity contribution is -0.153. The van der Waals surface area contributed by atoms with Crippen LogP contribution in [0.15, 0.2) is 23.3 Å². The number of ether oxygens (including phenoxy) is 1. The van der Waals surface area contributed by atoms with Crippen LogP contribution in [0.5, 0.6) is 0 Å². The van der Waals surface area contributed by atoms with E-state index in [9.17, 15) is 4.79 Å². The molecule has 0 aromatic heterocycles. The fourth-order valence-electron chi connectivity index (χ4n) is 1.50. The molecule has 0 N–H and O–H groups in total. The van der Waals surface area contributed by atoms with Crippen LogP contribution in [0.2, 0.25) is 0 Å². The smallest absolute Gasteiger partial charge is 0.311 e. The molecule has 0 rings (SSSR count). The van der Waals surface area contributed by atoms with Crippen molar-refractivity contribution in [3.63, 3.8) is 0 Å². The predicted octanol–water partition coefficient (Wildman–Crippen LogP) is 5.05. The van der Waals surface area contributed by atoms with Crippen molar-refractivity contribution in [2.24, 2.45) is 5.41 Å². The van der Waals surface area contributed by atoms with Gasteiger partial charge in [0.05, 0.1) is 12.0 Å². The Labute approximate surface area is 118 Å². The molecule has 19 heavy (non-hydrogen) atoms. The van der Waals surface area contributed by atoms with Crippen molar-refractivity contribution in [2.45, 2.75) is 67.2 Å². The van der Waals surface area contributed by atoms with E-state index in [1.807, 2.05) is 20.8 Å². The van der Waals surface area contributed by atoms with Gasteiger partial charge in [-0.05, 0) is 67.2 Å². The number of allylic oxidation sites excluding steroid dienone is 4. The fraction of sp³-hybridized carbons (Fsp3) is 0.706. The maximum atomic E-state index is 11.5. The van der Waals surface area contributed by atoms with E-state index < -0.39 is 5.41 Å². The molecular weight excluding hydrogens is 236 g/mol. The number of rotatable bonds is 7. The molecule has 2 nitrogen and oxygen atoms in total. The normalized spacial score (nSPS) is 12.2. The molecule has 0 saturated heterocycles. The minimum atomic E-state index is -0.393. The third-order valence-electron chi connectivity index (χ3n) is 2.78. The van der Waals surface area contributed by atoms with E-state index >= 15 is 0 Å². The van der Waals surface area contributed by atoms with Gasteiger partial charge >= 0.3 is 5.97 Å². The lowest BCUT2D eigenvalue weighted by Crippen LogP contribution is -2.23. The Kier molecular flexibility index (Phi) is 8.46. The summed E-state index contributed by atoms with van der Waals surface area (Å²) in [5, 5.41) is 0. The van der Waals surface area contributed by atoms with Gasteiger partial charge in [-0.25, -0.2) is 0 Å². The van der Waals surface area contributed by atoms with Crippen LogP contribution in [0.4, 0.5) is 0 Å². The van der Waals surface area contributed by atoms with Gasteiger partial charge in [0.25, 0.3) is 0 Å². The molecular formula is C17H30O2. The second-order valence-corrected chi connectivity index (χ2v) is 6.40. The Morgan fingerprint density at radius 2 is 1.68 bits per heavy atom. The van der Waals surface area contributed by atoms with Crippen LogP contribution in [-0.2, 0) is 9.53 Å². The highest BCUT2D eigenvalue weighted by Crippen LogP contribution is 2.15. The highest BCUT2D eigenvalue weighted by molar-refractivity contribution is 5.75. The van der Waals surface area contributed by atoms with E-state index in [1.54, 1.807) is 0 Å². The lowest BCUT2D eigenvalue weighted by Gasteiger charge is -2.16. The van der Waals surface area contributed by atoms with Gasteiger partial charge < -0.3 is 4.74 Å². The molecule has 0 unspecified atom stereocenters. The SMILES string of the molecule is CC(C)=CCC/C(C)=C/CCCOC(=O)C(C)(C)C. The lowest BCUT2D eigenvalue weighted by atomic mass is 9.97. The molecule has 0 aliphatic carbocycles. The Balaban J connectivity index is 3.73. The second kappa shape index (κ2) is 8.95. The zero-order valence-corrected chi connectivity index (χ0v) is 13.5. The zero-order valence-electron chi connectivity index (χ0n) is 13.5. The number of hydrogen-bond acceptors (Lipinski definition) is 2. The number of esters is 1. The number of hydrogen-bond donors (Lipinski definition) is 0. The molecule has 0 fully saturated rings. The summed E-state index contributed by atoms with van der Waals surface area (Å²) in [7, 11) is 0. The summed E-state index contributed by atoms with van der Waals surface area (Å²) in [6.45, 7) is 12.6. The van der Waals surface area contributed by atoms with Crippen LogP contribution < -0.4 is 0 Å². The van der Waals surface area contributed by atoms with E-state index in [4.69, 9.17) is 4.74 Å². The van der Waals surface area contributed by atoms with Crippen LogP contribution in [-0.4, -0.2) is 12.6 Å². The van der Waals surface area contributed by atoms with E-state index in [0.29, 0.717) is 6.61 Å². The summed E-state index contributed by atoms with van der Waals surface area (Å²) < 4.78 is 5.22. The largest absolute Gasteiger partial charge is 0.465 e. The molecule has 0 amide bonds. The molecule has 0 saturated carbocycles. The molecule has 0 aliphatic heterocycles. The first-order valence-corrected chi connectivity index (χ1v) is 7.19. The van der Waals surface area contributed by atoms with Gasteiger partial charge in [0, 0.05) is 0 Å².